The molecule has 0 spiro atoms. The number of nitro benzene ring substituents is 1. The van der Waals surface area contributed by atoms with E-state index < -0.39 is 16.6 Å². The Labute approximate surface area is 215 Å². The number of aromatic nitrogens is 3. The second-order valence-corrected chi connectivity index (χ2v) is 7.98. The third kappa shape index (κ3) is 6.08. The van der Waals surface area contributed by atoms with Crippen molar-refractivity contribution in [3.05, 3.63) is 93.2 Å². The molecule has 12 heteroatoms. The van der Waals surface area contributed by atoms with E-state index in [1.165, 1.54) is 22.9 Å². The molecule has 190 valence electrons. The Kier molecular flexibility index (Phi) is 8.06. The van der Waals surface area contributed by atoms with Crippen molar-refractivity contribution >= 4 is 28.9 Å². The highest BCUT2D eigenvalue weighted by Gasteiger charge is 2.19. The van der Waals surface area contributed by atoms with E-state index in [4.69, 9.17) is 21.1 Å². The average Bonchev–Trinajstić information content (AvgIpc) is 3.31. The minimum Gasteiger partial charge on any atom is -0.460 e. The maximum atomic E-state index is 14.6. The summed E-state index contributed by atoms with van der Waals surface area (Å²) in [7, 11) is 0. The summed E-state index contributed by atoms with van der Waals surface area (Å²) in [5.41, 5.74) is 1.08. The van der Waals surface area contributed by atoms with Gasteiger partial charge in [-0.25, -0.2) is 9.07 Å². The van der Waals surface area contributed by atoms with Crippen LogP contribution in [-0.2, 0) is 4.74 Å². The first kappa shape index (κ1) is 25.7. The first-order chi connectivity index (χ1) is 17.9. The Hall–Kier alpha value is -4.35. The van der Waals surface area contributed by atoms with Gasteiger partial charge in [-0.2, -0.15) is 4.98 Å². The molecule has 4 rings (SSSR count). The third-order valence-corrected chi connectivity index (χ3v) is 5.46. The van der Waals surface area contributed by atoms with E-state index in [1.807, 2.05) is 6.92 Å². The largest absolute Gasteiger partial charge is 0.460 e. The van der Waals surface area contributed by atoms with Gasteiger partial charge in [0.25, 0.3) is 11.6 Å². The lowest BCUT2D eigenvalue weighted by molar-refractivity contribution is -0.384. The fourth-order valence-corrected chi connectivity index (χ4v) is 3.63. The van der Waals surface area contributed by atoms with Crippen LogP contribution in [0.1, 0.15) is 17.3 Å². The average molecular weight is 526 g/mol. The van der Waals surface area contributed by atoms with Crippen LogP contribution in [-0.4, -0.2) is 45.4 Å². The molecule has 3 aromatic carbocycles. The van der Waals surface area contributed by atoms with E-state index in [-0.39, 0.29) is 40.3 Å². The molecule has 1 amide bonds. The van der Waals surface area contributed by atoms with Gasteiger partial charge in [0, 0.05) is 24.4 Å². The van der Waals surface area contributed by atoms with Crippen LogP contribution >= 0.6 is 11.6 Å². The number of ether oxygens (including phenoxy) is 2. The first-order valence-electron chi connectivity index (χ1n) is 11.2. The fourth-order valence-electron chi connectivity index (χ4n) is 3.37. The Morgan fingerprint density at radius 2 is 1.89 bits per heavy atom. The lowest BCUT2D eigenvalue weighted by Gasteiger charge is -2.09. The monoisotopic (exact) mass is 525 g/mol. The predicted molar refractivity (Wildman–Crippen MR) is 135 cm³/mol. The highest BCUT2D eigenvalue weighted by molar-refractivity contribution is 6.34. The molecule has 0 saturated carbocycles. The second kappa shape index (κ2) is 11.6. The fraction of sp³-hybridized carbons (Fsp3) is 0.160. The van der Waals surface area contributed by atoms with Gasteiger partial charge in [0.1, 0.15) is 12.4 Å². The highest BCUT2D eigenvalue weighted by atomic mass is 35.5. The first-order valence-corrected chi connectivity index (χ1v) is 11.5. The van der Waals surface area contributed by atoms with Crippen LogP contribution in [0.4, 0.5) is 15.8 Å². The molecular weight excluding hydrogens is 505 g/mol. The highest BCUT2D eigenvalue weighted by Crippen LogP contribution is 2.27. The molecule has 0 aliphatic carbocycles. The Bertz CT molecular complexity index is 1430. The number of nitrogens with zero attached hydrogens (tertiary/aromatic N) is 4. The van der Waals surface area contributed by atoms with Crippen LogP contribution in [0.2, 0.25) is 5.02 Å². The van der Waals surface area contributed by atoms with Crippen LogP contribution in [0.5, 0.6) is 6.01 Å². The summed E-state index contributed by atoms with van der Waals surface area (Å²) >= 11 is 6.05. The van der Waals surface area contributed by atoms with Gasteiger partial charge in [-0.3, -0.25) is 14.9 Å². The molecule has 0 fully saturated rings. The van der Waals surface area contributed by atoms with Gasteiger partial charge in [-0.15, -0.1) is 5.10 Å². The van der Waals surface area contributed by atoms with Crippen molar-refractivity contribution in [2.24, 2.45) is 0 Å². The normalized spacial score (nSPS) is 10.8. The van der Waals surface area contributed by atoms with E-state index in [0.29, 0.717) is 24.6 Å². The van der Waals surface area contributed by atoms with Gasteiger partial charge in [-0.1, -0.05) is 23.7 Å². The maximum Gasteiger partial charge on any atom is 0.336 e. The number of benzene rings is 3. The van der Waals surface area contributed by atoms with Gasteiger partial charge < -0.3 is 14.8 Å². The standard InChI is InChI=1S/C25H21ClFN5O5/c1-2-36-13-14-37-25-29-23(20-5-3-4-6-22(20)27)31(30-25)17-9-7-16(8-10-17)28-24(33)19-12-11-18(32(34)35)15-21(19)26/h3-12,15H,2,13-14H2,1H3,(H,28,33). The molecule has 0 atom stereocenters. The summed E-state index contributed by atoms with van der Waals surface area (Å²) in [6.07, 6.45) is 0. The third-order valence-electron chi connectivity index (χ3n) is 5.14. The van der Waals surface area contributed by atoms with E-state index >= 15 is 0 Å². The van der Waals surface area contributed by atoms with Gasteiger partial charge in [-0.05, 0) is 49.4 Å². The van der Waals surface area contributed by atoms with Crippen molar-refractivity contribution in [3.8, 4) is 23.1 Å². The van der Waals surface area contributed by atoms with Crippen LogP contribution in [0.3, 0.4) is 0 Å². The molecule has 0 unspecified atom stereocenters. The van der Waals surface area contributed by atoms with Crippen molar-refractivity contribution in [3.63, 3.8) is 0 Å². The van der Waals surface area contributed by atoms with Crippen LogP contribution in [0.25, 0.3) is 17.1 Å². The lowest BCUT2D eigenvalue weighted by Crippen LogP contribution is -2.12. The number of amides is 1. The number of hydrogen-bond acceptors (Lipinski definition) is 7. The molecule has 4 aromatic rings. The van der Waals surface area contributed by atoms with Gasteiger partial charge >= 0.3 is 6.01 Å². The van der Waals surface area contributed by atoms with Crippen molar-refractivity contribution in [1.29, 1.82) is 0 Å². The van der Waals surface area contributed by atoms with Crippen molar-refractivity contribution in [2.75, 3.05) is 25.1 Å². The number of nitro groups is 1. The van der Waals surface area contributed by atoms with Crippen molar-refractivity contribution in [2.45, 2.75) is 6.92 Å². The number of rotatable bonds is 10. The van der Waals surface area contributed by atoms with Crippen LogP contribution in [0, 0.1) is 15.9 Å². The lowest BCUT2D eigenvalue weighted by atomic mass is 10.1. The summed E-state index contributed by atoms with van der Waals surface area (Å²) in [6, 6.07) is 16.4. The number of carbonyl (C=O) groups excluding carboxylic acids is 1. The number of carbonyl (C=O) groups is 1. The molecule has 0 radical (unpaired) electrons. The van der Waals surface area contributed by atoms with E-state index in [0.717, 1.165) is 6.07 Å². The topological polar surface area (TPSA) is 121 Å². The SMILES string of the molecule is CCOCCOc1nc(-c2ccccc2F)n(-c2ccc(NC(=O)c3ccc([N+](=O)[O-])cc3Cl)cc2)n1. The summed E-state index contributed by atoms with van der Waals surface area (Å²) in [4.78, 5) is 27.3. The molecule has 1 N–H and O–H groups in total. The van der Waals surface area contributed by atoms with Crippen LogP contribution < -0.4 is 10.1 Å². The number of halogens is 2. The summed E-state index contributed by atoms with van der Waals surface area (Å²) in [5.74, 6) is -0.773. The summed E-state index contributed by atoms with van der Waals surface area (Å²) in [6.45, 7) is 3.00. The molecule has 1 aromatic heterocycles. The number of anilines is 1. The number of nitrogens with one attached hydrogen (secondary N) is 1. The second-order valence-electron chi connectivity index (χ2n) is 7.58. The van der Waals surface area contributed by atoms with Gasteiger partial charge in [0.05, 0.1) is 33.4 Å². The Morgan fingerprint density at radius 3 is 2.57 bits per heavy atom. The van der Waals surface area contributed by atoms with E-state index in [2.05, 4.69) is 15.4 Å². The summed E-state index contributed by atoms with van der Waals surface area (Å²) < 4.78 is 26.8. The number of non-ortho nitro benzene ring substituents is 1. The zero-order valence-electron chi connectivity index (χ0n) is 19.6. The predicted octanol–water partition coefficient (Wildman–Crippen LogP) is 5.30. The van der Waals surface area contributed by atoms with Crippen molar-refractivity contribution in [1.82, 2.24) is 14.8 Å². The Morgan fingerprint density at radius 1 is 1.14 bits per heavy atom. The van der Waals surface area contributed by atoms with Crippen molar-refractivity contribution < 1.29 is 23.6 Å². The van der Waals surface area contributed by atoms with Gasteiger partial charge in [0.15, 0.2) is 5.82 Å². The minimum absolute atomic E-state index is 0.0441. The van der Waals surface area contributed by atoms with E-state index in [9.17, 15) is 19.3 Å². The summed E-state index contributed by atoms with van der Waals surface area (Å²) in [5, 5.41) is 17.9. The van der Waals surface area contributed by atoms with Crippen LogP contribution in [0.15, 0.2) is 66.7 Å². The molecule has 1 heterocycles. The quantitative estimate of drug-likeness (QED) is 0.169. The zero-order valence-corrected chi connectivity index (χ0v) is 20.3. The molecule has 10 nitrogen and oxygen atoms in total. The van der Waals surface area contributed by atoms with E-state index in [1.54, 1.807) is 42.5 Å². The minimum atomic E-state index is -0.596. The molecule has 0 aliphatic rings. The molecule has 37 heavy (non-hydrogen) atoms. The molecule has 0 aliphatic heterocycles. The molecule has 0 bridgehead atoms. The van der Waals surface area contributed by atoms with Gasteiger partial charge in [0.2, 0.25) is 0 Å². The molecular formula is C25H21ClFN5O5. The molecule has 0 saturated heterocycles. The zero-order chi connectivity index (χ0) is 26.4. The smallest absolute Gasteiger partial charge is 0.336 e. The Balaban J connectivity index is 1.57. The maximum absolute atomic E-state index is 14.6. The number of hydrogen-bond donors (Lipinski definition) is 1.